The van der Waals surface area contributed by atoms with Gasteiger partial charge in [-0.15, -0.1) is 0 Å². The fraction of sp³-hybridized carbons (Fsp3) is 0.909. The van der Waals surface area contributed by atoms with Crippen molar-refractivity contribution in [3.05, 3.63) is 0 Å². The number of fused-ring (bicyclic) bond motifs is 1. The molecule has 0 aliphatic heterocycles. The molecule has 3 nitrogen and oxygen atoms in total. The predicted molar refractivity (Wildman–Crippen MR) is 58.6 cm³/mol. The zero-order chi connectivity index (χ0) is 9.97. The predicted octanol–water partition coefficient (Wildman–Crippen LogP) is 1.82. The lowest BCUT2D eigenvalue weighted by atomic mass is 9.67. The van der Waals surface area contributed by atoms with E-state index in [9.17, 15) is 0 Å². The summed E-state index contributed by atoms with van der Waals surface area (Å²) in [5, 5.41) is 3.64. The lowest BCUT2D eigenvalue weighted by Crippen LogP contribution is -2.35. The van der Waals surface area contributed by atoms with Crippen molar-refractivity contribution in [1.82, 2.24) is 0 Å². The van der Waals surface area contributed by atoms with Crippen LogP contribution in [-0.2, 0) is 0 Å². The van der Waals surface area contributed by atoms with Crippen molar-refractivity contribution in [2.45, 2.75) is 44.9 Å². The van der Waals surface area contributed by atoms with Crippen LogP contribution in [0.5, 0.6) is 0 Å². The first kappa shape index (κ1) is 9.81. The SMILES string of the molecule is NN=C(N)C1CCC2CCCCC2C1. The molecule has 0 saturated heterocycles. The van der Waals surface area contributed by atoms with E-state index in [4.69, 9.17) is 11.6 Å². The van der Waals surface area contributed by atoms with Crippen molar-refractivity contribution in [1.29, 1.82) is 0 Å². The van der Waals surface area contributed by atoms with Crippen LogP contribution in [0.1, 0.15) is 44.9 Å². The lowest BCUT2D eigenvalue weighted by molar-refractivity contribution is 0.152. The van der Waals surface area contributed by atoms with E-state index in [1.165, 1.54) is 44.9 Å². The molecule has 0 aromatic carbocycles. The van der Waals surface area contributed by atoms with Crippen LogP contribution in [0, 0.1) is 17.8 Å². The van der Waals surface area contributed by atoms with E-state index in [1.54, 1.807) is 0 Å². The van der Waals surface area contributed by atoms with Gasteiger partial charge < -0.3 is 11.6 Å². The number of hydrogen-bond acceptors (Lipinski definition) is 2. The van der Waals surface area contributed by atoms with E-state index in [0.717, 1.165) is 11.8 Å². The third-order valence-electron chi connectivity index (χ3n) is 4.11. The van der Waals surface area contributed by atoms with Gasteiger partial charge in [-0.25, -0.2) is 0 Å². The normalized spacial score (nSPS) is 39.1. The maximum atomic E-state index is 5.79. The van der Waals surface area contributed by atoms with Gasteiger partial charge in [0, 0.05) is 5.92 Å². The molecule has 0 spiro atoms. The zero-order valence-electron chi connectivity index (χ0n) is 8.78. The molecule has 3 unspecified atom stereocenters. The van der Waals surface area contributed by atoms with Gasteiger partial charge in [0.15, 0.2) is 0 Å². The molecule has 2 aliphatic carbocycles. The Morgan fingerprint density at radius 1 is 1.00 bits per heavy atom. The smallest absolute Gasteiger partial charge is 0.122 e. The Hall–Kier alpha value is -0.730. The van der Waals surface area contributed by atoms with Crippen LogP contribution in [0.4, 0.5) is 0 Å². The summed E-state index contributed by atoms with van der Waals surface area (Å²) >= 11 is 0. The first-order valence-corrected chi connectivity index (χ1v) is 5.84. The molecule has 0 aromatic heterocycles. The number of hydrazone groups is 1. The highest BCUT2D eigenvalue weighted by molar-refractivity contribution is 5.82. The lowest BCUT2D eigenvalue weighted by Gasteiger charge is -2.38. The van der Waals surface area contributed by atoms with Gasteiger partial charge in [-0.2, -0.15) is 5.10 Å². The average molecular weight is 195 g/mol. The van der Waals surface area contributed by atoms with Gasteiger partial charge in [-0.05, 0) is 31.1 Å². The summed E-state index contributed by atoms with van der Waals surface area (Å²) in [6.07, 6.45) is 9.46. The van der Waals surface area contributed by atoms with Gasteiger partial charge in [0.25, 0.3) is 0 Å². The van der Waals surface area contributed by atoms with Crippen molar-refractivity contribution in [2.75, 3.05) is 0 Å². The van der Waals surface area contributed by atoms with Crippen LogP contribution >= 0.6 is 0 Å². The quantitative estimate of drug-likeness (QED) is 0.290. The highest BCUT2D eigenvalue weighted by Gasteiger charge is 2.33. The van der Waals surface area contributed by atoms with Crippen molar-refractivity contribution >= 4 is 5.84 Å². The fourth-order valence-corrected chi connectivity index (χ4v) is 3.25. The van der Waals surface area contributed by atoms with Crippen LogP contribution in [0.15, 0.2) is 5.10 Å². The van der Waals surface area contributed by atoms with Crippen LogP contribution in [0.3, 0.4) is 0 Å². The minimum atomic E-state index is 0.472. The summed E-state index contributed by atoms with van der Waals surface area (Å²) in [5.74, 6) is 8.26. The Bertz CT molecular complexity index is 225. The molecular formula is C11H21N3. The molecule has 0 radical (unpaired) electrons. The molecule has 3 heteroatoms. The number of rotatable bonds is 1. The summed E-state index contributed by atoms with van der Waals surface area (Å²) in [6, 6.07) is 0. The Morgan fingerprint density at radius 2 is 1.71 bits per heavy atom. The summed E-state index contributed by atoms with van der Waals surface area (Å²) in [5.41, 5.74) is 5.79. The average Bonchev–Trinajstić information content (AvgIpc) is 2.27. The number of hydrogen-bond donors (Lipinski definition) is 2. The van der Waals surface area contributed by atoms with Crippen molar-refractivity contribution < 1.29 is 0 Å². The minimum absolute atomic E-state index is 0.472. The van der Waals surface area contributed by atoms with E-state index < -0.39 is 0 Å². The Kier molecular flexibility index (Phi) is 2.94. The molecule has 0 aromatic rings. The fourth-order valence-electron chi connectivity index (χ4n) is 3.25. The van der Waals surface area contributed by atoms with E-state index >= 15 is 0 Å². The van der Waals surface area contributed by atoms with E-state index in [1.807, 2.05) is 0 Å². The van der Waals surface area contributed by atoms with Crippen LogP contribution in [0.2, 0.25) is 0 Å². The number of nitrogens with zero attached hydrogens (tertiary/aromatic N) is 1. The molecule has 80 valence electrons. The molecule has 2 rings (SSSR count). The van der Waals surface area contributed by atoms with E-state index in [-0.39, 0.29) is 0 Å². The molecule has 0 bridgehead atoms. The zero-order valence-corrected chi connectivity index (χ0v) is 8.78. The highest BCUT2D eigenvalue weighted by Crippen LogP contribution is 2.42. The third kappa shape index (κ3) is 1.86. The first-order valence-electron chi connectivity index (χ1n) is 5.84. The second kappa shape index (κ2) is 4.20. The Morgan fingerprint density at radius 3 is 2.43 bits per heavy atom. The molecule has 2 saturated carbocycles. The van der Waals surface area contributed by atoms with Gasteiger partial charge in [0.1, 0.15) is 5.84 Å². The Balaban J connectivity index is 1.95. The number of amidine groups is 1. The van der Waals surface area contributed by atoms with Crippen molar-refractivity contribution in [3.8, 4) is 0 Å². The van der Waals surface area contributed by atoms with E-state index in [0.29, 0.717) is 11.8 Å². The topological polar surface area (TPSA) is 64.4 Å². The Labute approximate surface area is 85.9 Å². The van der Waals surface area contributed by atoms with Gasteiger partial charge in [0.2, 0.25) is 0 Å². The molecule has 0 amide bonds. The first-order chi connectivity index (χ1) is 6.81. The molecule has 2 aliphatic rings. The standard InChI is InChI=1S/C11H21N3/c12-11(14-13)10-6-5-8-3-1-2-4-9(8)7-10/h8-10H,1-7,13H2,(H2,12,14). The second-order valence-electron chi connectivity index (χ2n) is 4.87. The largest absolute Gasteiger partial charge is 0.386 e. The van der Waals surface area contributed by atoms with Gasteiger partial charge >= 0.3 is 0 Å². The summed E-state index contributed by atoms with van der Waals surface area (Å²) in [4.78, 5) is 0. The number of nitrogens with two attached hydrogens (primary N) is 2. The van der Waals surface area contributed by atoms with Crippen LogP contribution < -0.4 is 11.6 Å². The summed E-state index contributed by atoms with van der Waals surface area (Å²) in [6.45, 7) is 0. The summed E-state index contributed by atoms with van der Waals surface area (Å²) < 4.78 is 0. The second-order valence-corrected chi connectivity index (χ2v) is 4.87. The third-order valence-corrected chi connectivity index (χ3v) is 4.11. The van der Waals surface area contributed by atoms with Gasteiger partial charge in [0.05, 0.1) is 0 Å². The monoisotopic (exact) mass is 195 g/mol. The van der Waals surface area contributed by atoms with Gasteiger partial charge in [-0.3, -0.25) is 0 Å². The van der Waals surface area contributed by atoms with Gasteiger partial charge in [-0.1, -0.05) is 25.7 Å². The highest BCUT2D eigenvalue weighted by atomic mass is 15.2. The van der Waals surface area contributed by atoms with Crippen molar-refractivity contribution in [3.63, 3.8) is 0 Å². The maximum absolute atomic E-state index is 5.79. The van der Waals surface area contributed by atoms with Crippen molar-refractivity contribution in [2.24, 2.45) is 34.4 Å². The molecule has 4 N–H and O–H groups in total. The van der Waals surface area contributed by atoms with E-state index in [2.05, 4.69) is 5.10 Å². The molecule has 14 heavy (non-hydrogen) atoms. The molecule has 0 heterocycles. The molecular weight excluding hydrogens is 174 g/mol. The maximum Gasteiger partial charge on any atom is 0.122 e. The molecule has 3 atom stereocenters. The van der Waals surface area contributed by atoms with Crippen LogP contribution in [-0.4, -0.2) is 5.84 Å². The summed E-state index contributed by atoms with van der Waals surface area (Å²) in [7, 11) is 0. The van der Waals surface area contributed by atoms with Crippen LogP contribution in [0.25, 0.3) is 0 Å². The minimum Gasteiger partial charge on any atom is -0.386 e. The molecule has 2 fully saturated rings.